The van der Waals surface area contributed by atoms with Gasteiger partial charge in [0.25, 0.3) is 0 Å². The molecule has 0 N–H and O–H groups in total. The van der Waals surface area contributed by atoms with E-state index < -0.39 is 45.9 Å². The minimum Gasteiger partial charge on any atom is -0.470 e. The monoisotopic (exact) mass is 293 g/mol. The van der Waals surface area contributed by atoms with Crippen LogP contribution < -0.4 is 4.74 Å². The molecule has 0 radical (unpaired) electrons. The van der Waals surface area contributed by atoms with Crippen molar-refractivity contribution in [3.63, 3.8) is 0 Å². The molecule has 0 amide bonds. The van der Waals surface area contributed by atoms with Crippen molar-refractivity contribution in [1.29, 1.82) is 0 Å². The molecule has 0 aliphatic carbocycles. The van der Waals surface area contributed by atoms with Gasteiger partial charge in [0.15, 0.2) is 17.7 Å². The van der Waals surface area contributed by atoms with Gasteiger partial charge in [-0.05, 0) is 13.8 Å². The normalized spacial score (nSPS) is 11.8. The minimum atomic E-state index is -1.87. The molecule has 0 aromatic heterocycles. The third-order valence-electron chi connectivity index (χ3n) is 2.20. The van der Waals surface area contributed by atoms with E-state index in [1.165, 1.54) is 6.92 Å². The van der Waals surface area contributed by atoms with Crippen LogP contribution in [0.3, 0.4) is 0 Å². The highest BCUT2D eigenvalue weighted by atomic mass is 19.2. The molecule has 0 spiro atoms. The third-order valence-corrected chi connectivity index (χ3v) is 2.20. The maximum Gasteiger partial charge on any atom is 0.352 e. The van der Waals surface area contributed by atoms with E-state index >= 15 is 0 Å². The number of nitro benzene ring substituents is 1. The minimum absolute atomic E-state index is 0.00882. The van der Waals surface area contributed by atoms with Gasteiger partial charge < -0.3 is 9.47 Å². The van der Waals surface area contributed by atoms with Crippen LogP contribution in [0.15, 0.2) is 6.07 Å². The van der Waals surface area contributed by atoms with Gasteiger partial charge >= 0.3 is 11.7 Å². The van der Waals surface area contributed by atoms with Crippen molar-refractivity contribution in [1.82, 2.24) is 0 Å². The Balaban J connectivity index is 3.21. The number of rotatable bonds is 5. The number of hydrogen-bond donors (Lipinski definition) is 0. The molecule has 0 aliphatic rings. The first-order valence-electron chi connectivity index (χ1n) is 5.44. The van der Waals surface area contributed by atoms with Crippen molar-refractivity contribution in [2.75, 3.05) is 6.61 Å². The Morgan fingerprint density at radius 3 is 2.50 bits per heavy atom. The molecule has 1 atom stereocenters. The summed E-state index contributed by atoms with van der Waals surface area (Å²) in [5.41, 5.74) is -1.52. The number of ether oxygens (including phenoxy) is 2. The number of esters is 1. The van der Waals surface area contributed by atoms with Crippen molar-refractivity contribution in [3.05, 3.63) is 33.6 Å². The van der Waals surface area contributed by atoms with Crippen LogP contribution in [0.4, 0.5) is 18.9 Å². The van der Waals surface area contributed by atoms with Gasteiger partial charge in [-0.15, -0.1) is 0 Å². The largest absolute Gasteiger partial charge is 0.470 e. The quantitative estimate of drug-likeness (QED) is 0.360. The number of nitro groups is 1. The van der Waals surface area contributed by atoms with E-state index in [0.717, 1.165) is 6.92 Å². The first kappa shape index (κ1) is 15.7. The Morgan fingerprint density at radius 1 is 1.40 bits per heavy atom. The van der Waals surface area contributed by atoms with Crippen LogP contribution in [0.25, 0.3) is 0 Å². The molecule has 0 unspecified atom stereocenters. The van der Waals surface area contributed by atoms with Gasteiger partial charge in [0, 0.05) is 6.07 Å². The molecule has 1 aromatic carbocycles. The van der Waals surface area contributed by atoms with Crippen LogP contribution >= 0.6 is 0 Å². The van der Waals surface area contributed by atoms with E-state index in [1.807, 2.05) is 0 Å². The molecule has 1 rings (SSSR count). The fraction of sp³-hybridized carbons (Fsp3) is 0.364. The molecule has 6 nitrogen and oxygen atoms in total. The maximum atomic E-state index is 13.5. The number of benzene rings is 1. The molecule has 0 aliphatic heterocycles. The first-order chi connectivity index (χ1) is 9.29. The van der Waals surface area contributed by atoms with Gasteiger partial charge in [0.05, 0.1) is 11.5 Å². The number of carbonyl (C=O) groups is 1. The lowest BCUT2D eigenvalue weighted by Gasteiger charge is -2.14. The average Bonchev–Trinajstić information content (AvgIpc) is 2.35. The summed E-state index contributed by atoms with van der Waals surface area (Å²) < 4.78 is 49.0. The number of halogens is 3. The molecule has 1 aromatic rings. The van der Waals surface area contributed by atoms with Gasteiger partial charge in [-0.3, -0.25) is 10.1 Å². The second kappa shape index (κ2) is 6.22. The van der Waals surface area contributed by atoms with E-state index in [9.17, 15) is 28.1 Å². The summed E-state index contributed by atoms with van der Waals surface area (Å²) in [6.07, 6.45) is -1.42. The summed E-state index contributed by atoms with van der Waals surface area (Å²) >= 11 is 0. The van der Waals surface area contributed by atoms with Gasteiger partial charge in [-0.25, -0.2) is 13.6 Å². The van der Waals surface area contributed by atoms with Crippen molar-refractivity contribution < 1.29 is 32.4 Å². The Kier molecular flexibility index (Phi) is 4.89. The van der Waals surface area contributed by atoms with Crippen LogP contribution in [0.2, 0.25) is 0 Å². The standard InChI is InChI=1S/C11H10F3NO5/c1-3-19-11(16)5(2)20-10-7(13)4-6(12)8(14)9(10)15(17)18/h4-5H,3H2,1-2H3/t5-/m1/s1. The van der Waals surface area contributed by atoms with Crippen molar-refractivity contribution in [2.45, 2.75) is 20.0 Å². The van der Waals surface area contributed by atoms with Crippen LogP contribution in [-0.4, -0.2) is 23.6 Å². The molecule has 20 heavy (non-hydrogen) atoms. The topological polar surface area (TPSA) is 78.7 Å². The van der Waals surface area contributed by atoms with Crippen LogP contribution in [0, 0.1) is 27.6 Å². The number of hydrogen-bond acceptors (Lipinski definition) is 5. The Bertz CT molecular complexity index is 549. The summed E-state index contributed by atoms with van der Waals surface area (Å²) in [6.45, 7) is 2.64. The lowest BCUT2D eigenvalue weighted by atomic mass is 10.2. The van der Waals surface area contributed by atoms with Crippen molar-refractivity contribution in [3.8, 4) is 5.75 Å². The zero-order valence-electron chi connectivity index (χ0n) is 10.5. The second-order valence-corrected chi connectivity index (χ2v) is 3.60. The van der Waals surface area contributed by atoms with Crippen LogP contribution in [0.1, 0.15) is 13.8 Å². The van der Waals surface area contributed by atoms with Crippen LogP contribution in [0.5, 0.6) is 5.75 Å². The fourth-order valence-electron chi connectivity index (χ4n) is 1.33. The number of nitrogens with zero attached hydrogens (tertiary/aromatic N) is 1. The molecule has 0 saturated heterocycles. The Morgan fingerprint density at radius 2 is 2.00 bits per heavy atom. The summed E-state index contributed by atoms with van der Waals surface area (Å²) in [6, 6.07) is 0.0928. The molecule has 0 bridgehead atoms. The summed E-state index contributed by atoms with van der Waals surface area (Å²) in [5.74, 6) is -7.18. The zero-order chi connectivity index (χ0) is 15.4. The molecule has 0 heterocycles. The molecule has 0 saturated carbocycles. The van der Waals surface area contributed by atoms with Crippen molar-refractivity contribution in [2.24, 2.45) is 0 Å². The predicted molar refractivity (Wildman–Crippen MR) is 59.7 cm³/mol. The zero-order valence-corrected chi connectivity index (χ0v) is 10.5. The first-order valence-corrected chi connectivity index (χ1v) is 5.44. The lowest BCUT2D eigenvalue weighted by Crippen LogP contribution is -2.27. The summed E-state index contributed by atoms with van der Waals surface area (Å²) in [5, 5.41) is 10.7. The smallest absolute Gasteiger partial charge is 0.352 e. The summed E-state index contributed by atoms with van der Waals surface area (Å²) in [4.78, 5) is 20.6. The summed E-state index contributed by atoms with van der Waals surface area (Å²) in [7, 11) is 0. The maximum absolute atomic E-state index is 13.5. The highest BCUT2D eigenvalue weighted by molar-refractivity contribution is 5.74. The predicted octanol–water partition coefficient (Wildman–Crippen LogP) is 2.34. The Labute approximate surface area is 111 Å². The van der Waals surface area contributed by atoms with E-state index in [-0.39, 0.29) is 12.7 Å². The van der Waals surface area contributed by atoms with Gasteiger partial charge in [-0.1, -0.05) is 0 Å². The molecule has 9 heteroatoms. The van der Waals surface area contributed by atoms with Crippen molar-refractivity contribution >= 4 is 11.7 Å². The van der Waals surface area contributed by atoms with Gasteiger partial charge in [0.2, 0.25) is 11.6 Å². The fourth-order valence-corrected chi connectivity index (χ4v) is 1.33. The molecule has 110 valence electrons. The van der Waals surface area contributed by atoms with E-state index in [2.05, 4.69) is 9.47 Å². The highest BCUT2D eigenvalue weighted by Gasteiger charge is 2.32. The van der Waals surface area contributed by atoms with Crippen LogP contribution in [-0.2, 0) is 9.53 Å². The number of carbonyl (C=O) groups excluding carboxylic acids is 1. The molecule has 0 fully saturated rings. The third kappa shape index (κ3) is 3.16. The SMILES string of the molecule is CCOC(=O)[C@@H](C)Oc1c(F)cc(F)c(F)c1[N+](=O)[O-]. The van der Waals surface area contributed by atoms with Gasteiger partial charge in [0.1, 0.15) is 0 Å². The van der Waals surface area contributed by atoms with E-state index in [4.69, 9.17) is 0 Å². The average molecular weight is 293 g/mol. The molecular formula is C11H10F3NO5. The van der Waals surface area contributed by atoms with E-state index in [1.54, 1.807) is 0 Å². The lowest BCUT2D eigenvalue weighted by molar-refractivity contribution is -0.389. The second-order valence-electron chi connectivity index (χ2n) is 3.60. The molecular weight excluding hydrogens is 283 g/mol. The Hall–Kier alpha value is -2.32. The van der Waals surface area contributed by atoms with E-state index in [0.29, 0.717) is 0 Å². The van der Waals surface area contributed by atoms with Gasteiger partial charge in [-0.2, -0.15) is 4.39 Å². The highest BCUT2D eigenvalue weighted by Crippen LogP contribution is 2.35.